The molecule has 1 heterocycles. The van der Waals surface area contributed by atoms with Crippen molar-refractivity contribution in [1.82, 2.24) is 10.7 Å². The summed E-state index contributed by atoms with van der Waals surface area (Å²) in [5.74, 6) is -1.56. The van der Waals surface area contributed by atoms with E-state index in [4.69, 9.17) is 27.9 Å². The van der Waals surface area contributed by atoms with Gasteiger partial charge in [-0.25, -0.2) is 5.43 Å². The van der Waals surface area contributed by atoms with E-state index in [1.807, 2.05) is 0 Å². The molecule has 1 fully saturated rings. The third kappa shape index (κ3) is 6.62. The van der Waals surface area contributed by atoms with Crippen LogP contribution in [0.25, 0.3) is 0 Å². The third-order valence-corrected chi connectivity index (χ3v) is 4.42. The lowest BCUT2D eigenvalue weighted by Gasteiger charge is -2.23. The largest absolute Gasteiger partial charge is 0.370 e. The maximum absolute atomic E-state index is 11.7. The fraction of sp³-hybridized carbons (Fsp3) is 0.438. The highest BCUT2D eigenvalue weighted by Gasteiger charge is 2.15. The van der Waals surface area contributed by atoms with E-state index in [1.54, 1.807) is 18.2 Å². The summed E-state index contributed by atoms with van der Waals surface area (Å²) in [6.45, 7) is 4.89. The van der Waals surface area contributed by atoms with Gasteiger partial charge in [0.15, 0.2) is 0 Å². The first-order chi connectivity index (χ1) is 12.1. The molecule has 1 aromatic carbocycles. The lowest BCUT2D eigenvalue weighted by Crippen LogP contribution is -3.14. The first kappa shape index (κ1) is 19.7. The molecule has 0 unspecified atom stereocenters. The van der Waals surface area contributed by atoms with Crippen LogP contribution in [0.1, 0.15) is 12.0 Å². The van der Waals surface area contributed by atoms with Crippen molar-refractivity contribution < 1.29 is 19.2 Å². The number of quaternary nitrogens is 1. The predicted octanol–water partition coefficient (Wildman–Crippen LogP) is -0.135. The van der Waals surface area contributed by atoms with Crippen molar-refractivity contribution in [2.45, 2.75) is 6.42 Å². The number of hydrazone groups is 1. The number of rotatable bonds is 6. The van der Waals surface area contributed by atoms with Crippen molar-refractivity contribution in [2.75, 3.05) is 39.4 Å². The van der Waals surface area contributed by atoms with Crippen LogP contribution in [-0.2, 0) is 14.3 Å². The quantitative estimate of drug-likeness (QED) is 0.275. The summed E-state index contributed by atoms with van der Waals surface area (Å²) < 4.78 is 5.29. The number of amides is 2. The van der Waals surface area contributed by atoms with Crippen LogP contribution < -0.4 is 15.6 Å². The SMILES string of the molecule is O=C(NCCC[NH+]1CCOCC1)C(=O)N/N=C\c1c(Cl)cccc1Cl. The second-order valence-corrected chi connectivity index (χ2v) is 6.37. The lowest BCUT2D eigenvalue weighted by atomic mass is 10.2. The van der Waals surface area contributed by atoms with E-state index < -0.39 is 11.8 Å². The van der Waals surface area contributed by atoms with Crippen LogP contribution in [-0.4, -0.2) is 57.4 Å². The number of morpholine rings is 1. The van der Waals surface area contributed by atoms with Crippen LogP contribution in [0.15, 0.2) is 23.3 Å². The first-order valence-corrected chi connectivity index (χ1v) is 8.80. The van der Waals surface area contributed by atoms with Crippen molar-refractivity contribution in [3.8, 4) is 0 Å². The molecule has 3 N–H and O–H groups in total. The van der Waals surface area contributed by atoms with Gasteiger partial charge in [0.1, 0.15) is 13.1 Å². The molecule has 1 aliphatic heterocycles. The molecular formula is C16H21Cl2N4O3+. The molecule has 136 valence electrons. The van der Waals surface area contributed by atoms with Crippen LogP contribution in [0.2, 0.25) is 10.0 Å². The zero-order valence-corrected chi connectivity index (χ0v) is 15.2. The monoisotopic (exact) mass is 387 g/mol. The van der Waals surface area contributed by atoms with Crippen molar-refractivity contribution in [3.05, 3.63) is 33.8 Å². The Hall–Kier alpha value is -1.67. The number of carbonyl (C=O) groups excluding carboxylic acids is 2. The number of nitrogens with zero attached hydrogens (tertiary/aromatic N) is 1. The molecule has 2 rings (SSSR count). The maximum atomic E-state index is 11.7. The summed E-state index contributed by atoms with van der Waals surface area (Å²) in [5, 5.41) is 7.09. The summed E-state index contributed by atoms with van der Waals surface area (Å²) >= 11 is 12.0. The first-order valence-electron chi connectivity index (χ1n) is 8.04. The summed E-state index contributed by atoms with van der Waals surface area (Å²) in [5.41, 5.74) is 2.63. The van der Waals surface area contributed by atoms with Gasteiger partial charge in [0.25, 0.3) is 0 Å². The highest BCUT2D eigenvalue weighted by Crippen LogP contribution is 2.21. The molecule has 0 saturated carbocycles. The number of benzene rings is 1. The van der Waals surface area contributed by atoms with Gasteiger partial charge < -0.3 is 15.0 Å². The minimum Gasteiger partial charge on any atom is -0.370 e. The fourth-order valence-electron chi connectivity index (χ4n) is 2.37. The van der Waals surface area contributed by atoms with E-state index in [0.717, 1.165) is 39.3 Å². The number of nitrogens with one attached hydrogen (secondary N) is 3. The molecule has 9 heteroatoms. The van der Waals surface area contributed by atoms with Gasteiger partial charge in [-0.3, -0.25) is 9.59 Å². The van der Waals surface area contributed by atoms with E-state index >= 15 is 0 Å². The average Bonchev–Trinajstić information content (AvgIpc) is 2.61. The van der Waals surface area contributed by atoms with Gasteiger partial charge in [-0.15, -0.1) is 0 Å². The molecule has 2 amide bonds. The highest BCUT2D eigenvalue weighted by atomic mass is 35.5. The van der Waals surface area contributed by atoms with E-state index in [2.05, 4.69) is 15.8 Å². The smallest absolute Gasteiger partial charge is 0.329 e. The zero-order chi connectivity index (χ0) is 18.1. The second kappa shape index (κ2) is 10.4. The third-order valence-electron chi connectivity index (χ3n) is 3.76. The second-order valence-electron chi connectivity index (χ2n) is 5.56. The standard InChI is InChI=1S/C16H20Cl2N4O3/c17-13-3-1-4-14(18)12(13)11-20-21-16(24)15(23)19-5-2-6-22-7-9-25-10-8-22/h1,3-4,11H,2,5-10H2,(H,19,23)(H,21,24)/p+1/b20-11-. The van der Waals surface area contributed by atoms with Gasteiger partial charge in [0.2, 0.25) is 0 Å². The van der Waals surface area contributed by atoms with Crippen LogP contribution >= 0.6 is 23.2 Å². The molecule has 7 nitrogen and oxygen atoms in total. The van der Waals surface area contributed by atoms with Crippen LogP contribution in [0, 0.1) is 0 Å². The van der Waals surface area contributed by atoms with Gasteiger partial charge in [0, 0.05) is 18.5 Å². The molecule has 1 aromatic rings. The normalized spacial score (nSPS) is 15.3. The Morgan fingerprint density at radius 2 is 1.88 bits per heavy atom. The Kier molecular flexibility index (Phi) is 8.14. The van der Waals surface area contributed by atoms with Gasteiger partial charge >= 0.3 is 11.8 Å². The van der Waals surface area contributed by atoms with Gasteiger partial charge in [-0.2, -0.15) is 5.10 Å². The van der Waals surface area contributed by atoms with E-state index in [0.29, 0.717) is 22.2 Å². The fourth-order valence-corrected chi connectivity index (χ4v) is 2.87. The number of carbonyl (C=O) groups is 2. The Morgan fingerprint density at radius 3 is 2.56 bits per heavy atom. The summed E-state index contributed by atoms with van der Waals surface area (Å²) in [6, 6.07) is 5.01. The highest BCUT2D eigenvalue weighted by molar-refractivity contribution is 6.38. The molecular weight excluding hydrogens is 367 g/mol. The minimum absolute atomic E-state index is 0.403. The summed E-state index contributed by atoms with van der Waals surface area (Å²) in [7, 11) is 0. The van der Waals surface area contributed by atoms with E-state index in [-0.39, 0.29) is 0 Å². The molecule has 0 radical (unpaired) electrons. The maximum Gasteiger partial charge on any atom is 0.329 e. The molecule has 0 aliphatic carbocycles. The number of ether oxygens (including phenoxy) is 1. The molecule has 0 aromatic heterocycles. The lowest BCUT2D eigenvalue weighted by molar-refractivity contribution is -0.908. The molecule has 1 aliphatic rings. The van der Waals surface area contributed by atoms with Gasteiger partial charge in [-0.1, -0.05) is 29.3 Å². The molecule has 0 atom stereocenters. The van der Waals surface area contributed by atoms with Crippen LogP contribution in [0.5, 0.6) is 0 Å². The number of hydrogen-bond acceptors (Lipinski definition) is 4. The average molecular weight is 388 g/mol. The Labute approximate surface area is 156 Å². The van der Waals surface area contributed by atoms with E-state index in [9.17, 15) is 9.59 Å². The Balaban J connectivity index is 1.67. The van der Waals surface area contributed by atoms with Crippen molar-refractivity contribution in [3.63, 3.8) is 0 Å². The molecule has 1 saturated heterocycles. The van der Waals surface area contributed by atoms with Gasteiger partial charge in [-0.05, 0) is 12.1 Å². The Morgan fingerprint density at radius 1 is 1.20 bits per heavy atom. The van der Waals surface area contributed by atoms with E-state index in [1.165, 1.54) is 11.1 Å². The number of hydrogen-bond donors (Lipinski definition) is 3. The van der Waals surface area contributed by atoms with Crippen molar-refractivity contribution in [1.29, 1.82) is 0 Å². The summed E-state index contributed by atoms with van der Waals surface area (Å²) in [4.78, 5) is 24.8. The number of halogens is 2. The molecule has 25 heavy (non-hydrogen) atoms. The molecule has 0 spiro atoms. The van der Waals surface area contributed by atoms with Gasteiger partial charge in [0.05, 0.1) is 36.0 Å². The molecule has 0 bridgehead atoms. The van der Waals surface area contributed by atoms with Crippen LogP contribution in [0.4, 0.5) is 0 Å². The van der Waals surface area contributed by atoms with Crippen molar-refractivity contribution >= 4 is 41.2 Å². The van der Waals surface area contributed by atoms with Crippen LogP contribution in [0.3, 0.4) is 0 Å². The summed E-state index contributed by atoms with van der Waals surface area (Å²) in [6.07, 6.45) is 2.10. The Bertz CT molecular complexity index is 614. The van der Waals surface area contributed by atoms with Crippen molar-refractivity contribution in [2.24, 2.45) is 5.10 Å². The predicted molar refractivity (Wildman–Crippen MR) is 96.2 cm³/mol. The zero-order valence-electron chi connectivity index (χ0n) is 13.7. The topological polar surface area (TPSA) is 84.2 Å². The minimum atomic E-state index is -0.835.